The second-order valence-electron chi connectivity index (χ2n) is 4.56. The molecule has 0 aliphatic heterocycles. The summed E-state index contributed by atoms with van der Waals surface area (Å²) in [4.78, 5) is 12.2. The van der Waals surface area contributed by atoms with E-state index in [9.17, 15) is 9.18 Å². The Morgan fingerprint density at radius 2 is 2.29 bits per heavy atom. The van der Waals surface area contributed by atoms with E-state index >= 15 is 0 Å². The molecule has 0 spiro atoms. The van der Waals surface area contributed by atoms with Crippen molar-refractivity contribution in [2.75, 3.05) is 18.1 Å². The van der Waals surface area contributed by atoms with E-state index in [0.717, 1.165) is 17.9 Å². The Kier molecular flexibility index (Phi) is 7.88. The van der Waals surface area contributed by atoms with Gasteiger partial charge in [-0.25, -0.2) is 4.39 Å². The van der Waals surface area contributed by atoms with Gasteiger partial charge in [-0.3, -0.25) is 4.79 Å². The highest BCUT2D eigenvalue weighted by molar-refractivity contribution is 7.99. The fourth-order valence-electron chi connectivity index (χ4n) is 1.74. The Morgan fingerprint density at radius 1 is 1.52 bits per heavy atom. The van der Waals surface area contributed by atoms with E-state index in [-0.39, 0.29) is 18.5 Å². The molecule has 0 bridgehead atoms. The van der Waals surface area contributed by atoms with Crippen LogP contribution in [0.25, 0.3) is 0 Å². The summed E-state index contributed by atoms with van der Waals surface area (Å²) >= 11 is 1.84. The van der Waals surface area contributed by atoms with Crippen molar-refractivity contribution in [3.63, 3.8) is 0 Å². The largest absolute Gasteiger partial charge is 0.350 e. The predicted molar refractivity (Wildman–Crippen MR) is 86.9 cm³/mol. The van der Waals surface area contributed by atoms with Crippen LogP contribution < -0.4 is 11.1 Å². The second kappa shape index (κ2) is 9.43. The van der Waals surface area contributed by atoms with Gasteiger partial charge in [0.2, 0.25) is 0 Å². The maximum atomic E-state index is 13.3. The second-order valence-corrected chi connectivity index (χ2v) is 5.95. The quantitative estimate of drug-likeness (QED) is 0.627. The minimum atomic E-state index is -0.416. The van der Waals surface area contributed by atoms with Gasteiger partial charge in [0, 0.05) is 11.6 Å². The first-order chi connectivity index (χ1) is 10.1. The van der Waals surface area contributed by atoms with Crippen LogP contribution in [0.3, 0.4) is 0 Å². The van der Waals surface area contributed by atoms with E-state index < -0.39 is 5.82 Å². The van der Waals surface area contributed by atoms with Gasteiger partial charge in [0.15, 0.2) is 0 Å². The van der Waals surface area contributed by atoms with Gasteiger partial charge in [-0.2, -0.15) is 11.8 Å². The average Bonchev–Trinajstić information content (AvgIpc) is 2.45. The molecule has 0 aliphatic rings. The van der Waals surface area contributed by atoms with E-state index in [1.54, 1.807) is 0 Å². The molecule has 1 amide bonds. The molecule has 3 nitrogen and oxygen atoms in total. The average molecular weight is 308 g/mol. The van der Waals surface area contributed by atoms with E-state index in [1.165, 1.54) is 18.2 Å². The van der Waals surface area contributed by atoms with Gasteiger partial charge in [-0.05, 0) is 43.0 Å². The summed E-state index contributed by atoms with van der Waals surface area (Å²) in [6.45, 7) is 4.24. The Bertz CT molecular complexity index is 537. The third kappa shape index (κ3) is 6.19. The summed E-state index contributed by atoms with van der Waals surface area (Å²) in [6.07, 6.45) is 0.898. The van der Waals surface area contributed by atoms with E-state index in [4.69, 9.17) is 5.73 Å². The van der Waals surface area contributed by atoms with E-state index in [1.807, 2.05) is 18.7 Å². The number of hydrogen-bond donors (Lipinski definition) is 2. The number of nitrogens with two attached hydrogens (primary N) is 1. The molecule has 1 aromatic carbocycles. The molecule has 0 fully saturated rings. The molecule has 5 heteroatoms. The molecule has 3 N–H and O–H groups in total. The number of nitrogens with one attached hydrogen (secondary N) is 1. The normalized spacial score (nSPS) is 11.4. The lowest BCUT2D eigenvalue weighted by atomic mass is 10.1. The van der Waals surface area contributed by atoms with Crippen LogP contribution >= 0.6 is 11.8 Å². The first-order valence-electron chi connectivity index (χ1n) is 6.95. The number of rotatable bonds is 6. The molecule has 0 saturated heterocycles. The number of amides is 1. The summed E-state index contributed by atoms with van der Waals surface area (Å²) in [5.74, 6) is 6.81. The molecule has 0 heterocycles. The van der Waals surface area contributed by atoms with Crippen molar-refractivity contribution in [3.05, 3.63) is 35.1 Å². The number of benzene rings is 1. The highest BCUT2D eigenvalue weighted by Crippen LogP contribution is 2.11. The minimum Gasteiger partial charge on any atom is -0.350 e. The highest BCUT2D eigenvalue weighted by atomic mass is 32.2. The number of hydrogen-bond acceptors (Lipinski definition) is 3. The molecule has 0 aromatic heterocycles. The van der Waals surface area contributed by atoms with Gasteiger partial charge in [-0.1, -0.05) is 18.8 Å². The molecule has 1 aromatic rings. The zero-order valence-corrected chi connectivity index (χ0v) is 13.2. The Morgan fingerprint density at radius 3 is 2.95 bits per heavy atom. The lowest BCUT2D eigenvalue weighted by Gasteiger charge is -2.14. The predicted octanol–water partition coefficient (Wildman–Crippen LogP) is 2.40. The Hall–Kier alpha value is -1.51. The topological polar surface area (TPSA) is 55.1 Å². The number of halogens is 1. The van der Waals surface area contributed by atoms with Gasteiger partial charge >= 0.3 is 0 Å². The van der Waals surface area contributed by atoms with E-state index in [0.29, 0.717) is 11.1 Å². The maximum absolute atomic E-state index is 13.3. The summed E-state index contributed by atoms with van der Waals surface area (Å²) in [5.41, 5.74) is 6.07. The Labute approximate surface area is 129 Å². The molecule has 0 radical (unpaired) electrons. The lowest BCUT2D eigenvalue weighted by Crippen LogP contribution is -2.33. The van der Waals surface area contributed by atoms with Crippen LogP contribution in [0.4, 0.5) is 4.39 Å². The lowest BCUT2D eigenvalue weighted by molar-refractivity contribution is 0.0939. The molecule has 21 heavy (non-hydrogen) atoms. The first-order valence-corrected chi connectivity index (χ1v) is 8.11. The van der Waals surface area contributed by atoms with E-state index in [2.05, 4.69) is 24.1 Å². The smallest absolute Gasteiger partial charge is 0.252 e. The molecular weight excluding hydrogens is 287 g/mol. The van der Waals surface area contributed by atoms with Crippen LogP contribution in [0.15, 0.2) is 18.2 Å². The first kappa shape index (κ1) is 17.5. The molecule has 1 unspecified atom stereocenters. The zero-order chi connectivity index (χ0) is 15.7. The van der Waals surface area contributed by atoms with Crippen molar-refractivity contribution in [2.24, 2.45) is 5.73 Å². The summed E-state index contributed by atoms with van der Waals surface area (Å²) in [6, 6.07) is 4.05. The number of carbonyl (C=O) groups is 1. The highest BCUT2D eigenvalue weighted by Gasteiger charge is 2.13. The summed E-state index contributed by atoms with van der Waals surface area (Å²) in [7, 11) is 0. The summed E-state index contributed by atoms with van der Waals surface area (Å²) in [5, 5.41) is 2.92. The standard InChI is InChI=1S/C16H21FN2OS/c1-3-21-10-8-12(2)19-16(20)15-7-6-14(17)11-13(15)5-4-9-18/h6-7,11-12H,3,8-10,18H2,1-2H3,(H,19,20). The van der Waals surface area contributed by atoms with Crippen molar-refractivity contribution in [3.8, 4) is 11.8 Å². The van der Waals surface area contributed by atoms with Crippen LogP contribution in [-0.2, 0) is 0 Å². The fraction of sp³-hybridized carbons (Fsp3) is 0.438. The Balaban J connectivity index is 2.77. The van der Waals surface area contributed by atoms with Crippen molar-refractivity contribution >= 4 is 17.7 Å². The fourth-order valence-corrected chi connectivity index (χ4v) is 2.55. The minimum absolute atomic E-state index is 0.0666. The van der Waals surface area contributed by atoms with Gasteiger partial charge in [0.05, 0.1) is 12.1 Å². The van der Waals surface area contributed by atoms with Crippen LogP contribution in [0, 0.1) is 17.7 Å². The number of carbonyl (C=O) groups excluding carboxylic acids is 1. The maximum Gasteiger partial charge on any atom is 0.252 e. The van der Waals surface area contributed by atoms with Crippen LogP contribution in [0.1, 0.15) is 36.2 Å². The third-order valence-corrected chi connectivity index (χ3v) is 3.76. The zero-order valence-electron chi connectivity index (χ0n) is 12.4. The molecule has 0 aliphatic carbocycles. The van der Waals surface area contributed by atoms with Gasteiger partial charge in [0.25, 0.3) is 5.91 Å². The van der Waals surface area contributed by atoms with Crippen LogP contribution in [0.5, 0.6) is 0 Å². The summed E-state index contributed by atoms with van der Waals surface area (Å²) < 4.78 is 13.3. The van der Waals surface area contributed by atoms with Crippen LogP contribution in [0.2, 0.25) is 0 Å². The van der Waals surface area contributed by atoms with Crippen LogP contribution in [-0.4, -0.2) is 30.0 Å². The molecular formula is C16H21FN2OS. The molecule has 1 atom stereocenters. The molecule has 0 saturated carbocycles. The van der Waals surface area contributed by atoms with Gasteiger partial charge in [-0.15, -0.1) is 0 Å². The molecule has 1 rings (SSSR count). The van der Waals surface area contributed by atoms with Gasteiger partial charge in [0.1, 0.15) is 5.82 Å². The number of thioether (sulfide) groups is 1. The molecule has 114 valence electrons. The van der Waals surface area contributed by atoms with Crippen molar-refractivity contribution in [1.82, 2.24) is 5.32 Å². The van der Waals surface area contributed by atoms with Gasteiger partial charge < -0.3 is 11.1 Å². The van der Waals surface area contributed by atoms with Crippen molar-refractivity contribution in [2.45, 2.75) is 26.3 Å². The van der Waals surface area contributed by atoms with Crippen molar-refractivity contribution in [1.29, 1.82) is 0 Å². The monoisotopic (exact) mass is 308 g/mol. The SMILES string of the molecule is CCSCCC(C)NC(=O)c1ccc(F)cc1C#CCN. The van der Waals surface area contributed by atoms with Crippen molar-refractivity contribution < 1.29 is 9.18 Å². The third-order valence-electron chi connectivity index (χ3n) is 2.83.